The van der Waals surface area contributed by atoms with Crippen molar-refractivity contribution in [2.45, 2.75) is 5.03 Å². The summed E-state index contributed by atoms with van der Waals surface area (Å²) in [7, 11) is 4.20. The first-order chi connectivity index (χ1) is 14.9. The minimum absolute atomic E-state index is 0.0709. The predicted octanol–water partition coefficient (Wildman–Crippen LogP) is 3.72. The molecule has 162 valence electrons. The Balaban J connectivity index is 1.86. The molecule has 0 radical (unpaired) electrons. The molecule has 0 aliphatic carbocycles. The van der Waals surface area contributed by atoms with Gasteiger partial charge in [-0.2, -0.15) is 0 Å². The van der Waals surface area contributed by atoms with E-state index in [2.05, 4.69) is 10.3 Å². The van der Waals surface area contributed by atoms with Gasteiger partial charge in [0.05, 0.1) is 37.6 Å². The third-order valence-corrected chi connectivity index (χ3v) is 5.54. The number of amides is 1. The summed E-state index contributed by atoms with van der Waals surface area (Å²) in [5.41, 5.74) is 0.265. The maximum atomic E-state index is 12.9. The predicted molar refractivity (Wildman–Crippen MR) is 120 cm³/mol. The van der Waals surface area contributed by atoms with Gasteiger partial charge in [-0.15, -0.1) is 0 Å². The molecule has 1 aromatic heterocycles. The molecule has 0 aliphatic rings. The Kier molecular flexibility index (Phi) is 7.09. The minimum Gasteiger partial charge on any atom is -0.497 e. The average Bonchev–Trinajstić information content (AvgIpc) is 2.77. The van der Waals surface area contributed by atoms with E-state index in [0.29, 0.717) is 27.7 Å². The number of aromatic nitrogens is 1. The lowest BCUT2D eigenvalue weighted by atomic mass is 10.1. The number of nitrogens with one attached hydrogen (secondary N) is 2. The van der Waals surface area contributed by atoms with Crippen LogP contribution < -0.4 is 20.2 Å². The fraction of sp³-hybridized carbons (Fsp3) is 0.190. The summed E-state index contributed by atoms with van der Waals surface area (Å²) in [5, 5.41) is 3.58. The van der Waals surface area contributed by atoms with Crippen LogP contribution >= 0.6 is 23.4 Å². The van der Waals surface area contributed by atoms with Crippen LogP contribution in [0.25, 0.3) is 10.9 Å². The number of carbonyl (C=O) groups is 2. The molecule has 3 rings (SSSR count). The van der Waals surface area contributed by atoms with Crippen molar-refractivity contribution < 1.29 is 23.8 Å². The zero-order chi connectivity index (χ0) is 22.5. The summed E-state index contributed by atoms with van der Waals surface area (Å²) in [6, 6.07) is 9.69. The largest absolute Gasteiger partial charge is 0.497 e. The lowest BCUT2D eigenvalue weighted by Gasteiger charge is -2.11. The SMILES string of the molecule is COC(=O)c1c(SCC(=O)Nc2cc(OC)cc(OC)c2)[nH]c2ccc(Cl)cc2c1=O. The highest BCUT2D eigenvalue weighted by molar-refractivity contribution is 8.00. The number of anilines is 1. The Morgan fingerprint density at radius 2 is 1.74 bits per heavy atom. The Morgan fingerprint density at radius 3 is 2.35 bits per heavy atom. The van der Waals surface area contributed by atoms with Crippen LogP contribution in [-0.2, 0) is 9.53 Å². The van der Waals surface area contributed by atoms with E-state index in [1.807, 2.05) is 0 Å². The van der Waals surface area contributed by atoms with Crippen molar-refractivity contribution in [2.75, 3.05) is 32.4 Å². The maximum Gasteiger partial charge on any atom is 0.344 e. The number of rotatable bonds is 7. The molecule has 0 bridgehead atoms. The molecule has 3 aromatic rings. The highest BCUT2D eigenvalue weighted by atomic mass is 35.5. The molecule has 0 saturated carbocycles. The van der Waals surface area contributed by atoms with Crippen LogP contribution in [0.4, 0.5) is 5.69 Å². The van der Waals surface area contributed by atoms with Gasteiger partial charge < -0.3 is 24.5 Å². The zero-order valence-corrected chi connectivity index (χ0v) is 18.5. The van der Waals surface area contributed by atoms with Crippen molar-refractivity contribution in [3.8, 4) is 11.5 Å². The molecular weight excluding hydrogens is 444 g/mol. The monoisotopic (exact) mass is 462 g/mol. The standard InChI is InChI=1S/C21H19ClN2O6S/c1-28-13-7-12(8-14(9-13)29-2)23-17(25)10-31-20-18(21(27)30-3)19(26)15-6-11(22)4-5-16(15)24-20/h4-9H,10H2,1-3H3,(H,23,25)(H,24,26). The van der Waals surface area contributed by atoms with E-state index in [1.165, 1.54) is 27.4 Å². The minimum atomic E-state index is -0.802. The first-order valence-corrected chi connectivity index (χ1v) is 10.3. The molecule has 10 heteroatoms. The van der Waals surface area contributed by atoms with Crippen molar-refractivity contribution in [1.82, 2.24) is 4.98 Å². The Labute approximate surface area is 186 Å². The molecule has 2 aromatic carbocycles. The molecule has 0 saturated heterocycles. The van der Waals surface area contributed by atoms with Crippen LogP contribution in [0.3, 0.4) is 0 Å². The lowest BCUT2D eigenvalue weighted by molar-refractivity contribution is -0.113. The van der Waals surface area contributed by atoms with E-state index in [0.717, 1.165) is 11.8 Å². The lowest BCUT2D eigenvalue weighted by Crippen LogP contribution is -2.20. The number of halogens is 1. The number of aromatic amines is 1. The molecule has 8 nitrogen and oxygen atoms in total. The maximum absolute atomic E-state index is 12.9. The van der Waals surface area contributed by atoms with E-state index >= 15 is 0 Å². The van der Waals surface area contributed by atoms with Crippen LogP contribution in [-0.4, -0.2) is 43.9 Å². The van der Waals surface area contributed by atoms with Crippen molar-refractivity contribution in [3.05, 3.63) is 57.2 Å². The number of pyridine rings is 1. The van der Waals surface area contributed by atoms with E-state index in [1.54, 1.807) is 30.3 Å². The number of thioether (sulfide) groups is 1. The highest BCUT2D eigenvalue weighted by Gasteiger charge is 2.21. The van der Waals surface area contributed by atoms with Crippen LogP contribution in [0.15, 0.2) is 46.2 Å². The van der Waals surface area contributed by atoms with Gasteiger partial charge in [0.1, 0.15) is 17.1 Å². The Bertz CT molecular complexity index is 1190. The Morgan fingerprint density at radius 1 is 1.06 bits per heavy atom. The fourth-order valence-corrected chi connectivity index (χ4v) is 3.87. The van der Waals surface area contributed by atoms with Gasteiger partial charge in [-0.25, -0.2) is 4.79 Å². The molecule has 1 heterocycles. The van der Waals surface area contributed by atoms with Gasteiger partial charge >= 0.3 is 5.97 Å². The summed E-state index contributed by atoms with van der Waals surface area (Å²) in [6.07, 6.45) is 0. The second-order valence-corrected chi connectivity index (χ2v) is 7.70. The summed E-state index contributed by atoms with van der Waals surface area (Å²) >= 11 is 6.98. The number of fused-ring (bicyclic) bond motifs is 1. The molecule has 0 atom stereocenters. The van der Waals surface area contributed by atoms with Crippen molar-refractivity contribution in [2.24, 2.45) is 0 Å². The molecule has 2 N–H and O–H groups in total. The number of esters is 1. The molecule has 1 amide bonds. The molecule has 31 heavy (non-hydrogen) atoms. The van der Waals surface area contributed by atoms with E-state index in [9.17, 15) is 14.4 Å². The molecule has 0 spiro atoms. The zero-order valence-electron chi connectivity index (χ0n) is 16.9. The smallest absolute Gasteiger partial charge is 0.344 e. The number of hydrogen-bond acceptors (Lipinski definition) is 7. The van der Waals surface area contributed by atoms with Gasteiger partial charge in [0.2, 0.25) is 11.3 Å². The van der Waals surface area contributed by atoms with Gasteiger partial charge in [-0.1, -0.05) is 23.4 Å². The average molecular weight is 463 g/mol. The molecule has 0 fully saturated rings. The fourth-order valence-electron chi connectivity index (χ4n) is 2.85. The van der Waals surface area contributed by atoms with Gasteiger partial charge in [-0.3, -0.25) is 9.59 Å². The van der Waals surface area contributed by atoms with Crippen LogP contribution in [0.5, 0.6) is 11.5 Å². The van der Waals surface area contributed by atoms with Crippen LogP contribution in [0.2, 0.25) is 5.02 Å². The third-order valence-electron chi connectivity index (χ3n) is 4.30. The first kappa shape index (κ1) is 22.5. The number of H-pyrrole nitrogens is 1. The van der Waals surface area contributed by atoms with E-state index in [-0.39, 0.29) is 27.6 Å². The quantitative estimate of drug-likeness (QED) is 0.407. The summed E-state index contributed by atoms with van der Waals surface area (Å²) in [5.74, 6) is -0.184. The number of ether oxygens (including phenoxy) is 3. The summed E-state index contributed by atoms with van der Waals surface area (Å²) < 4.78 is 15.1. The molecular formula is C21H19ClN2O6S. The second kappa shape index (κ2) is 9.76. The van der Waals surface area contributed by atoms with Crippen LogP contribution in [0.1, 0.15) is 10.4 Å². The molecule has 0 unspecified atom stereocenters. The third kappa shape index (κ3) is 5.12. The van der Waals surface area contributed by atoms with Crippen molar-refractivity contribution in [1.29, 1.82) is 0 Å². The second-order valence-electron chi connectivity index (χ2n) is 6.28. The number of methoxy groups -OCH3 is 3. The molecule has 0 aliphatic heterocycles. The summed E-state index contributed by atoms with van der Waals surface area (Å²) in [4.78, 5) is 40.6. The van der Waals surface area contributed by atoms with Gasteiger partial charge in [0, 0.05) is 34.3 Å². The van der Waals surface area contributed by atoms with Gasteiger partial charge in [0.15, 0.2) is 0 Å². The van der Waals surface area contributed by atoms with Gasteiger partial charge in [0.25, 0.3) is 0 Å². The highest BCUT2D eigenvalue weighted by Crippen LogP contribution is 2.27. The summed E-state index contributed by atoms with van der Waals surface area (Å²) in [6.45, 7) is 0. The number of carbonyl (C=O) groups excluding carboxylic acids is 2. The first-order valence-electron chi connectivity index (χ1n) is 8.95. The van der Waals surface area contributed by atoms with Crippen LogP contribution in [0, 0.1) is 0 Å². The van der Waals surface area contributed by atoms with E-state index < -0.39 is 11.4 Å². The number of hydrogen-bond donors (Lipinski definition) is 2. The van der Waals surface area contributed by atoms with Crippen molar-refractivity contribution in [3.63, 3.8) is 0 Å². The number of benzene rings is 2. The van der Waals surface area contributed by atoms with Crippen molar-refractivity contribution >= 4 is 51.8 Å². The topological polar surface area (TPSA) is 107 Å². The van der Waals surface area contributed by atoms with Gasteiger partial charge in [-0.05, 0) is 18.2 Å². The van der Waals surface area contributed by atoms with E-state index in [4.69, 9.17) is 25.8 Å². The normalized spacial score (nSPS) is 10.6. The Hall–Kier alpha value is -3.17.